The summed E-state index contributed by atoms with van der Waals surface area (Å²) < 4.78 is 4.58. The molecule has 1 aromatic rings. The Morgan fingerprint density at radius 2 is 2.22 bits per heavy atom. The fourth-order valence-corrected chi connectivity index (χ4v) is 5.45. The van der Waals surface area contributed by atoms with E-state index in [9.17, 15) is 19.5 Å². The minimum absolute atomic E-state index is 0.0554. The number of aliphatic imine (C=N–C) groups is 1. The molecule has 2 unspecified atom stereocenters. The number of β-lactam (4-membered cyclic amide) rings is 1. The van der Waals surface area contributed by atoms with Crippen molar-refractivity contribution in [3.63, 3.8) is 0 Å². The van der Waals surface area contributed by atoms with Gasteiger partial charge in [0.15, 0.2) is 18.9 Å². The van der Waals surface area contributed by atoms with Crippen LogP contribution in [0, 0.1) is 0 Å². The van der Waals surface area contributed by atoms with Gasteiger partial charge in [0.1, 0.15) is 24.2 Å². The van der Waals surface area contributed by atoms with E-state index in [1.54, 1.807) is 0 Å². The molecular formula is C18H20N7O5S2+. The fraction of sp³-hybridized carbons (Fsp3) is 0.333. The third-order valence-electron chi connectivity index (χ3n) is 4.97. The smallest absolute Gasteiger partial charge is 0.352 e. The minimum Gasteiger partial charge on any atom is -0.477 e. The molecule has 3 aliphatic rings. The van der Waals surface area contributed by atoms with Crippen LogP contribution in [0.25, 0.3) is 0 Å². The van der Waals surface area contributed by atoms with Crippen LogP contribution in [0.4, 0.5) is 0 Å². The van der Waals surface area contributed by atoms with Crippen LogP contribution in [0.3, 0.4) is 0 Å². The van der Waals surface area contributed by atoms with Gasteiger partial charge in [-0.1, -0.05) is 11.2 Å². The molecule has 1 fully saturated rings. The molecule has 0 bridgehead atoms. The number of oxime groups is 1. The van der Waals surface area contributed by atoms with E-state index in [1.165, 1.54) is 29.3 Å². The molecule has 0 aliphatic carbocycles. The minimum atomic E-state index is -1.61. The van der Waals surface area contributed by atoms with Crippen molar-refractivity contribution in [2.45, 2.75) is 23.7 Å². The van der Waals surface area contributed by atoms with E-state index >= 15 is 0 Å². The van der Waals surface area contributed by atoms with E-state index in [-0.39, 0.29) is 11.4 Å². The summed E-state index contributed by atoms with van der Waals surface area (Å²) >= 11 is 2.45. The molecular weight excluding hydrogens is 458 g/mol. The summed E-state index contributed by atoms with van der Waals surface area (Å²) in [5.74, 6) is -3.67. The molecule has 168 valence electrons. The van der Waals surface area contributed by atoms with Gasteiger partial charge in [0.05, 0.1) is 5.55 Å². The molecule has 1 aromatic heterocycles. The highest BCUT2D eigenvalue weighted by Gasteiger charge is 2.55. The second kappa shape index (κ2) is 8.90. The van der Waals surface area contributed by atoms with E-state index in [1.807, 2.05) is 35.2 Å². The lowest BCUT2D eigenvalue weighted by Crippen LogP contribution is -2.72. The van der Waals surface area contributed by atoms with Crippen LogP contribution in [-0.2, 0) is 25.8 Å². The van der Waals surface area contributed by atoms with E-state index in [0.29, 0.717) is 17.9 Å². The van der Waals surface area contributed by atoms with Crippen molar-refractivity contribution in [2.75, 3.05) is 12.9 Å². The molecule has 3 atom stereocenters. The second-order valence-electron chi connectivity index (χ2n) is 7.01. The molecule has 12 nitrogen and oxygen atoms in total. The number of nitrogens with zero attached hydrogens (tertiary/aromatic N) is 4. The standard InChI is InChI=1S/C18H19N7O5S2/c1-30-22-13(18(19)20-9-32-23-18)14(26)21-11-15(27)25-12(17(28)29)10(8-31-16(11)25)7-24-5-3-2-4-6-24/h2-6,9,11,16,23H,7-8,19H2,1H3,(H-,21,26,28,29)/p+1/t11?,16-,18?/m1/s1. The van der Waals surface area contributed by atoms with E-state index in [0.717, 1.165) is 11.9 Å². The van der Waals surface area contributed by atoms with Crippen LogP contribution in [-0.4, -0.2) is 69.1 Å². The van der Waals surface area contributed by atoms with Crippen molar-refractivity contribution < 1.29 is 28.9 Å². The average molecular weight is 479 g/mol. The highest BCUT2D eigenvalue weighted by atomic mass is 32.2. The van der Waals surface area contributed by atoms with Crippen molar-refractivity contribution in [1.82, 2.24) is 14.9 Å². The summed E-state index contributed by atoms with van der Waals surface area (Å²) in [7, 11) is 1.26. The van der Waals surface area contributed by atoms with Crippen molar-refractivity contribution in [1.29, 1.82) is 0 Å². The molecule has 0 aromatic carbocycles. The monoisotopic (exact) mass is 478 g/mol. The van der Waals surface area contributed by atoms with Crippen LogP contribution in [0.5, 0.6) is 0 Å². The summed E-state index contributed by atoms with van der Waals surface area (Å²) in [5.41, 5.74) is 7.77. The third kappa shape index (κ3) is 3.97. The number of rotatable bonds is 7. The molecule has 0 saturated carbocycles. The lowest BCUT2D eigenvalue weighted by atomic mass is 10.0. The molecule has 4 heterocycles. The van der Waals surface area contributed by atoms with Crippen LogP contribution in [0.2, 0.25) is 0 Å². The zero-order valence-corrected chi connectivity index (χ0v) is 18.4. The molecule has 5 N–H and O–H groups in total. The van der Waals surface area contributed by atoms with Gasteiger partial charge in [0.25, 0.3) is 11.8 Å². The van der Waals surface area contributed by atoms with Gasteiger partial charge >= 0.3 is 5.97 Å². The second-order valence-corrected chi connectivity index (χ2v) is 8.76. The number of aromatic nitrogens is 1. The van der Waals surface area contributed by atoms with Crippen molar-refractivity contribution in [3.8, 4) is 0 Å². The molecule has 0 spiro atoms. The Morgan fingerprint density at radius 3 is 2.84 bits per heavy atom. The number of pyridine rings is 1. The number of hydrogen-bond acceptors (Lipinski definition) is 10. The Labute approximate surface area is 191 Å². The van der Waals surface area contributed by atoms with Crippen LogP contribution in [0.15, 0.2) is 52.0 Å². The first-order valence-corrected chi connectivity index (χ1v) is 11.3. The Morgan fingerprint density at radius 1 is 1.47 bits per heavy atom. The summed E-state index contributed by atoms with van der Waals surface area (Å²) in [6.07, 6.45) is 3.64. The van der Waals surface area contributed by atoms with E-state index in [4.69, 9.17) is 10.6 Å². The lowest BCUT2D eigenvalue weighted by Gasteiger charge is -2.49. The number of hydrogen-bond donors (Lipinski definition) is 4. The molecule has 4 rings (SSSR count). The van der Waals surface area contributed by atoms with Crippen LogP contribution < -0.4 is 20.3 Å². The zero-order chi connectivity index (χ0) is 22.9. The number of carbonyl (C=O) groups excluding carboxylic acids is 2. The number of nitrogens with two attached hydrogens (primary N) is 1. The molecule has 1 saturated heterocycles. The summed E-state index contributed by atoms with van der Waals surface area (Å²) in [6.45, 7) is 0.338. The molecule has 14 heteroatoms. The maximum Gasteiger partial charge on any atom is 0.352 e. The van der Waals surface area contributed by atoms with Gasteiger partial charge in [0, 0.05) is 23.5 Å². The predicted octanol–water partition coefficient (Wildman–Crippen LogP) is -1.39. The van der Waals surface area contributed by atoms with Gasteiger partial charge in [-0.25, -0.2) is 19.1 Å². The first-order chi connectivity index (χ1) is 15.4. The Hall–Kier alpha value is -2.94. The topological polar surface area (TPSA) is 163 Å². The largest absolute Gasteiger partial charge is 0.477 e. The first kappa shape index (κ1) is 22.3. The number of carbonyl (C=O) groups is 3. The Bertz CT molecular complexity index is 1050. The number of aliphatic carboxylic acids is 1. The van der Waals surface area contributed by atoms with Gasteiger partial charge in [-0.3, -0.25) is 20.2 Å². The SMILES string of the molecule is CON=C(C(=O)NC1C(=O)N2C(C(=O)O)=C(C[n+]3ccccc3)CS[C@H]12)C1(N)N=CSN1. The zero-order valence-electron chi connectivity index (χ0n) is 16.8. The number of nitrogens with one attached hydrogen (secondary N) is 2. The van der Waals surface area contributed by atoms with E-state index in [2.05, 4.69) is 20.2 Å². The van der Waals surface area contributed by atoms with Crippen LogP contribution in [0.1, 0.15) is 0 Å². The fourth-order valence-electron chi connectivity index (χ4n) is 3.51. The molecule has 2 amide bonds. The van der Waals surface area contributed by atoms with Gasteiger partial charge in [0.2, 0.25) is 11.5 Å². The third-order valence-corrected chi connectivity index (χ3v) is 6.95. The van der Waals surface area contributed by atoms with Gasteiger partial charge in [-0.15, -0.1) is 11.8 Å². The maximum atomic E-state index is 12.9. The number of amides is 2. The van der Waals surface area contributed by atoms with Gasteiger partial charge in [-0.2, -0.15) is 0 Å². The average Bonchev–Trinajstić information content (AvgIpc) is 3.23. The predicted molar refractivity (Wildman–Crippen MR) is 117 cm³/mol. The first-order valence-electron chi connectivity index (χ1n) is 9.37. The van der Waals surface area contributed by atoms with Crippen molar-refractivity contribution in [3.05, 3.63) is 41.9 Å². The molecule has 3 aliphatic heterocycles. The normalized spacial score (nSPS) is 27.1. The number of fused-ring (bicyclic) bond motifs is 1. The highest BCUT2D eigenvalue weighted by molar-refractivity contribution is 8.10. The number of carboxylic acid groups (broad SMARTS) is 1. The summed E-state index contributed by atoms with van der Waals surface area (Å²) in [6, 6.07) is 4.60. The quantitative estimate of drug-likeness (QED) is 0.121. The Balaban J connectivity index is 1.53. The van der Waals surface area contributed by atoms with Crippen molar-refractivity contribution >= 4 is 52.8 Å². The molecule has 32 heavy (non-hydrogen) atoms. The van der Waals surface area contributed by atoms with Gasteiger partial charge in [-0.05, 0) is 11.9 Å². The number of carboxylic acids is 1. The molecule has 0 radical (unpaired) electrons. The summed E-state index contributed by atoms with van der Waals surface area (Å²) in [5, 5.41) is 15.5. The maximum absolute atomic E-state index is 12.9. The van der Waals surface area contributed by atoms with E-state index < -0.39 is 35.0 Å². The number of thioether (sulfide) groups is 1. The Kier molecular flexibility index (Phi) is 6.19. The van der Waals surface area contributed by atoms with Gasteiger partial charge < -0.3 is 15.3 Å². The summed E-state index contributed by atoms with van der Waals surface area (Å²) in [4.78, 5) is 47.6. The van der Waals surface area contributed by atoms with Crippen molar-refractivity contribution in [2.24, 2.45) is 15.9 Å². The van der Waals surface area contributed by atoms with Crippen LogP contribution >= 0.6 is 23.7 Å². The highest BCUT2D eigenvalue weighted by Crippen LogP contribution is 2.40. The lowest BCUT2D eigenvalue weighted by molar-refractivity contribution is -0.689.